The van der Waals surface area contributed by atoms with E-state index in [4.69, 9.17) is 5.73 Å². The van der Waals surface area contributed by atoms with Crippen molar-refractivity contribution in [3.05, 3.63) is 29.6 Å². The molecule has 2 N–H and O–H groups in total. The second kappa shape index (κ2) is 4.96. The van der Waals surface area contributed by atoms with Crippen molar-refractivity contribution < 1.29 is 4.39 Å². The van der Waals surface area contributed by atoms with Crippen molar-refractivity contribution in [2.24, 2.45) is 5.73 Å². The second-order valence-electron chi connectivity index (χ2n) is 3.57. The van der Waals surface area contributed by atoms with Gasteiger partial charge in [0.1, 0.15) is 5.82 Å². The maximum Gasteiger partial charge on any atom is 0.146 e. The van der Waals surface area contributed by atoms with E-state index in [0.717, 1.165) is 18.4 Å². The van der Waals surface area contributed by atoms with E-state index < -0.39 is 0 Å². The van der Waals surface area contributed by atoms with E-state index in [9.17, 15) is 4.39 Å². The summed E-state index contributed by atoms with van der Waals surface area (Å²) < 4.78 is 13.5. The zero-order chi connectivity index (χ0) is 10.6. The van der Waals surface area contributed by atoms with Crippen molar-refractivity contribution in [2.75, 3.05) is 25.5 Å². The van der Waals surface area contributed by atoms with E-state index in [1.54, 1.807) is 17.0 Å². The smallest absolute Gasteiger partial charge is 0.146 e. The lowest BCUT2D eigenvalue weighted by Crippen LogP contribution is -2.10. The maximum absolute atomic E-state index is 13.5. The molecule has 0 aliphatic heterocycles. The van der Waals surface area contributed by atoms with Gasteiger partial charge in [-0.15, -0.1) is 0 Å². The van der Waals surface area contributed by atoms with Gasteiger partial charge >= 0.3 is 0 Å². The van der Waals surface area contributed by atoms with Gasteiger partial charge in [-0.05, 0) is 37.1 Å². The highest BCUT2D eigenvalue weighted by Crippen LogP contribution is 2.18. The predicted molar refractivity (Wildman–Crippen MR) is 58.1 cm³/mol. The minimum Gasteiger partial charge on any atom is -0.375 e. The number of nitrogens with zero attached hydrogens (tertiary/aromatic N) is 1. The molecule has 0 radical (unpaired) electrons. The molecule has 1 aromatic carbocycles. The molecular formula is C11H17FN2. The number of aryl methyl sites for hydroxylation is 1. The quantitative estimate of drug-likeness (QED) is 0.795. The number of nitrogens with two attached hydrogens (primary N) is 1. The fourth-order valence-electron chi connectivity index (χ4n) is 1.37. The Labute approximate surface area is 84.5 Å². The highest BCUT2D eigenvalue weighted by molar-refractivity contribution is 5.47. The Hall–Kier alpha value is -1.09. The molecule has 1 aromatic rings. The van der Waals surface area contributed by atoms with E-state index in [2.05, 4.69) is 0 Å². The number of rotatable bonds is 4. The third kappa shape index (κ3) is 2.70. The van der Waals surface area contributed by atoms with Crippen molar-refractivity contribution in [3.63, 3.8) is 0 Å². The van der Waals surface area contributed by atoms with Crippen LogP contribution in [0.2, 0.25) is 0 Å². The second-order valence-corrected chi connectivity index (χ2v) is 3.57. The van der Waals surface area contributed by atoms with Crippen molar-refractivity contribution >= 4 is 5.69 Å². The maximum atomic E-state index is 13.5. The molecule has 0 saturated heterocycles. The SMILES string of the molecule is CN(C)c1ccc(CCCN)cc1F. The predicted octanol–water partition coefficient (Wildman–Crippen LogP) is 1.78. The first kappa shape index (κ1) is 11.0. The summed E-state index contributed by atoms with van der Waals surface area (Å²) in [4.78, 5) is 1.77. The van der Waals surface area contributed by atoms with Gasteiger partial charge in [0.2, 0.25) is 0 Å². The van der Waals surface area contributed by atoms with Crippen molar-refractivity contribution in [3.8, 4) is 0 Å². The Morgan fingerprint density at radius 3 is 2.57 bits per heavy atom. The number of halogens is 1. The van der Waals surface area contributed by atoms with E-state index in [1.165, 1.54) is 0 Å². The first-order chi connectivity index (χ1) is 6.65. The number of benzene rings is 1. The van der Waals surface area contributed by atoms with Crippen LogP contribution in [0.1, 0.15) is 12.0 Å². The third-order valence-corrected chi connectivity index (χ3v) is 2.16. The average Bonchev–Trinajstić information content (AvgIpc) is 2.14. The van der Waals surface area contributed by atoms with Crippen LogP contribution in [0.3, 0.4) is 0 Å². The fourth-order valence-corrected chi connectivity index (χ4v) is 1.37. The van der Waals surface area contributed by atoms with Crippen molar-refractivity contribution in [2.45, 2.75) is 12.8 Å². The molecule has 0 aliphatic rings. The van der Waals surface area contributed by atoms with Gasteiger partial charge < -0.3 is 10.6 Å². The summed E-state index contributed by atoms with van der Waals surface area (Å²) in [6, 6.07) is 5.35. The van der Waals surface area contributed by atoms with Gasteiger partial charge in [0.25, 0.3) is 0 Å². The summed E-state index contributed by atoms with van der Waals surface area (Å²) >= 11 is 0. The Morgan fingerprint density at radius 2 is 2.07 bits per heavy atom. The summed E-state index contributed by atoms with van der Waals surface area (Å²) in [6.07, 6.45) is 1.75. The van der Waals surface area contributed by atoms with E-state index in [0.29, 0.717) is 12.2 Å². The van der Waals surface area contributed by atoms with Gasteiger partial charge in [0.05, 0.1) is 5.69 Å². The van der Waals surface area contributed by atoms with Crippen LogP contribution < -0.4 is 10.6 Å². The highest BCUT2D eigenvalue weighted by Gasteiger charge is 2.04. The molecule has 0 fully saturated rings. The molecule has 1 rings (SSSR count). The summed E-state index contributed by atoms with van der Waals surface area (Å²) in [6.45, 7) is 0.650. The lowest BCUT2D eigenvalue weighted by atomic mass is 10.1. The summed E-state index contributed by atoms with van der Waals surface area (Å²) in [5.41, 5.74) is 7.03. The lowest BCUT2D eigenvalue weighted by Gasteiger charge is -2.14. The van der Waals surface area contributed by atoms with E-state index in [-0.39, 0.29) is 5.82 Å². The molecule has 0 unspecified atom stereocenters. The van der Waals surface area contributed by atoms with Crippen LogP contribution >= 0.6 is 0 Å². The zero-order valence-electron chi connectivity index (χ0n) is 8.76. The molecule has 0 aliphatic carbocycles. The summed E-state index contributed by atoms with van der Waals surface area (Å²) in [7, 11) is 3.66. The van der Waals surface area contributed by atoms with Gasteiger partial charge in [-0.1, -0.05) is 6.07 Å². The van der Waals surface area contributed by atoms with Crippen molar-refractivity contribution in [1.29, 1.82) is 0 Å². The molecule has 0 spiro atoms. The topological polar surface area (TPSA) is 29.3 Å². The monoisotopic (exact) mass is 196 g/mol. The van der Waals surface area contributed by atoms with Crippen LogP contribution in [0.25, 0.3) is 0 Å². The van der Waals surface area contributed by atoms with Crippen LogP contribution in [-0.4, -0.2) is 20.6 Å². The van der Waals surface area contributed by atoms with E-state index >= 15 is 0 Å². The number of hydrogen-bond acceptors (Lipinski definition) is 2. The molecule has 78 valence electrons. The Morgan fingerprint density at radius 1 is 1.36 bits per heavy atom. The fraction of sp³-hybridized carbons (Fsp3) is 0.455. The van der Waals surface area contributed by atoms with E-state index in [1.807, 2.05) is 20.2 Å². The van der Waals surface area contributed by atoms with Crippen LogP contribution in [0, 0.1) is 5.82 Å². The molecule has 14 heavy (non-hydrogen) atoms. The molecule has 0 bridgehead atoms. The van der Waals surface area contributed by atoms with Crippen molar-refractivity contribution in [1.82, 2.24) is 0 Å². The summed E-state index contributed by atoms with van der Waals surface area (Å²) in [5, 5.41) is 0. The third-order valence-electron chi connectivity index (χ3n) is 2.16. The molecule has 0 amide bonds. The molecule has 2 nitrogen and oxygen atoms in total. The van der Waals surface area contributed by atoms with Gasteiger partial charge in [-0.2, -0.15) is 0 Å². The zero-order valence-corrected chi connectivity index (χ0v) is 8.76. The Bertz CT molecular complexity index is 297. The van der Waals surface area contributed by atoms with Crippen LogP contribution in [-0.2, 0) is 6.42 Å². The lowest BCUT2D eigenvalue weighted by molar-refractivity contribution is 0.623. The van der Waals surface area contributed by atoms with Crippen LogP contribution in [0.15, 0.2) is 18.2 Å². The first-order valence-electron chi connectivity index (χ1n) is 4.81. The minimum absolute atomic E-state index is 0.162. The van der Waals surface area contributed by atoms with Crippen LogP contribution in [0.4, 0.5) is 10.1 Å². The Kier molecular flexibility index (Phi) is 3.89. The normalized spacial score (nSPS) is 10.3. The molecule has 0 atom stereocenters. The highest BCUT2D eigenvalue weighted by atomic mass is 19.1. The summed E-state index contributed by atoms with van der Waals surface area (Å²) in [5.74, 6) is -0.162. The van der Waals surface area contributed by atoms with Gasteiger partial charge in [0, 0.05) is 14.1 Å². The molecular weight excluding hydrogens is 179 g/mol. The molecule has 3 heteroatoms. The minimum atomic E-state index is -0.162. The van der Waals surface area contributed by atoms with Crippen LogP contribution in [0.5, 0.6) is 0 Å². The standard InChI is InChI=1S/C11H17FN2/c1-14(2)11-6-5-9(4-3-7-13)8-10(11)12/h5-6,8H,3-4,7,13H2,1-2H3. The molecule has 0 heterocycles. The molecule has 0 saturated carbocycles. The first-order valence-corrected chi connectivity index (χ1v) is 4.81. The van der Waals surface area contributed by atoms with Gasteiger partial charge in [0.15, 0.2) is 0 Å². The largest absolute Gasteiger partial charge is 0.375 e. The Balaban J connectivity index is 2.78. The molecule has 0 aromatic heterocycles. The van der Waals surface area contributed by atoms with Gasteiger partial charge in [-0.25, -0.2) is 4.39 Å². The van der Waals surface area contributed by atoms with Gasteiger partial charge in [-0.3, -0.25) is 0 Å². The number of anilines is 1. The number of hydrogen-bond donors (Lipinski definition) is 1. The average molecular weight is 196 g/mol.